The normalized spacial score (nSPS) is 24.0. The Bertz CT molecular complexity index is 1100. The van der Waals surface area contributed by atoms with Gasteiger partial charge in [-0.05, 0) is 84.6 Å². The number of aromatic nitrogens is 3. The minimum atomic E-state index is -0.708. The van der Waals surface area contributed by atoms with Crippen molar-refractivity contribution in [3.63, 3.8) is 0 Å². The molecule has 2 heterocycles. The van der Waals surface area contributed by atoms with Crippen LogP contribution in [-0.2, 0) is 6.42 Å². The van der Waals surface area contributed by atoms with Crippen LogP contribution in [0.25, 0.3) is 11.8 Å². The van der Waals surface area contributed by atoms with Crippen LogP contribution in [0.3, 0.4) is 0 Å². The van der Waals surface area contributed by atoms with Crippen molar-refractivity contribution in [2.45, 2.75) is 38.7 Å². The van der Waals surface area contributed by atoms with Gasteiger partial charge in [0, 0.05) is 6.20 Å². The molecule has 3 aromatic rings. The van der Waals surface area contributed by atoms with Gasteiger partial charge in [-0.2, -0.15) is 9.49 Å². The molecular weight excluding hydrogens is 384 g/mol. The average molecular weight is 407 g/mol. The molecule has 0 amide bonds. The lowest BCUT2D eigenvalue weighted by Gasteiger charge is -2.47. The minimum Gasteiger partial charge on any atom is -0.388 e. The molecule has 3 atom stereocenters. The number of rotatable bonds is 3. The molecule has 30 heavy (non-hydrogen) atoms. The molecule has 6 heteroatoms. The number of pyridine rings is 1. The summed E-state index contributed by atoms with van der Waals surface area (Å²) in [5.41, 5.74) is 4.69. The van der Waals surface area contributed by atoms with Crippen LogP contribution in [0, 0.1) is 23.1 Å². The van der Waals surface area contributed by atoms with E-state index in [0.29, 0.717) is 5.56 Å². The molecule has 2 aliphatic rings. The van der Waals surface area contributed by atoms with Crippen molar-refractivity contribution in [1.29, 1.82) is 0 Å². The van der Waals surface area contributed by atoms with E-state index in [2.05, 4.69) is 23.1 Å². The topological polar surface area (TPSA) is 50.9 Å². The first-order valence-electron chi connectivity index (χ1n) is 10.3. The van der Waals surface area contributed by atoms with Crippen molar-refractivity contribution in [3.8, 4) is 5.69 Å². The monoisotopic (exact) mass is 407 g/mol. The van der Waals surface area contributed by atoms with Crippen LogP contribution in [-0.4, -0.2) is 19.9 Å². The number of benzene rings is 1. The molecule has 1 aromatic carbocycles. The van der Waals surface area contributed by atoms with Crippen molar-refractivity contribution >= 4 is 6.08 Å². The molecule has 2 aromatic heterocycles. The van der Waals surface area contributed by atoms with Crippen molar-refractivity contribution in [1.82, 2.24) is 14.8 Å². The first-order chi connectivity index (χ1) is 14.5. The fourth-order valence-electron chi connectivity index (χ4n) is 5.17. The van der Waals surface area contributed by atoms with Crippen molar-refractivity contribution < 1.29 is 13.9 Å². The van der Waals surface area contributed by atoms with Gasteiger partial charge in [0.1, 0.15) is 5.82 Å². The molecule has 0 radical (unpaired) electrons. The number of halogens is 2. The van der Waals surface area contributed by atoms with E-state index in [1.54, 1.807) is 18.2 Å². The van der Waals surface area contributed by atoms with Gasteiger partial charge in [-0.1, -0.05) is 18.6 Å². The van der Waals surface area contributed by atoms with Crippen molar-refractivity contribution in [3.05, 3.63) is 83.0 Å². The lowest BCUT2D eigenvalue weighted by atomic mass is 9.58. The summed E-state index contributed by atoms with van der Waals surface area (Å²) in [6.07, 6.45) is 8.40. The zero-order valence-electron chi connectivity index (χ0n) is 16.7. The molecule has 2 aliphatic carbocycles. The zero-order chi connectivity index (χ0) is 20.9. The quantitative estimate of drug-likeness (QED) is 0.620. The summed E-state index contributed by atoms with van der Waals surface area (Å²) in [5.74, 6) is -0.811. The Hall–Kier alpha value is -2.86. The van der Waals surface area contributed by atoms with E-state index < -0.39 is 12.1 Å². The molecule has 0 saturated heterocycles. The van der Waals surface area contributed by atoms with Gasteiger partial charge in [-0.25, -0.2) is 14.1 Å². The van der Waals surface area contributed by atoms with E-state index in [1.807, 2.05) is 10.9 Å². The number of hydrogen-bond acceptors (Lipinski definition) is 3. The first-order valence-corrected chi connectivity index (χ1v) is 10.3. The number of fused-ring (bicyclic) bond motifs is 2. The number of aliphatic hydroxyl groups excluding tert-OH is 1. The van der Waals surface area contributed by atoms with E-state index in [1.165, 1.54) is 30.0 Å². The Morgan fingerprint density at radius 3 is 2.67 bits per heavy atom. The van der Waals surface area contributed by atoms with Crippen LogP contribution in [0.2, 0.25) is 0 Å². The number of hydrogen-bond donors (Lipinski definition) is 1. The zero-order valence-corrected chi connectivity index (χ0v) is 16.7. The molecule has 1 fully saturated rings. The molecule has 1 N–H and O–H groups in total. The standard InChI is InChI=1S/C24H23F2N3O/c1-24-12-16-14-28-29(19-8-6-18(25)7-9-19)21(16)11-17(24)3-2-4-20(24)23(30)15-5-10-22(26)27-13-15/h5-11,13-14,20,23,30H,2-4,12H2,1H3/t20-,23-,24+/m1/s1. The van der Waals surface area contributed by atoms with Crippen LogP contribution in [0.4, 0.5) is 8.78 Å². The van der Waals surface area contributed by atoms with E-state index in [0.717, 1.165) is 42.6 Å². The van der Waals surface area contributed by atoms with E-state index >= 15 is 0 Å². The van der Waals surface area contributed by atoms with Gasteiger partial charge in [-0.3, -0.25) is 0 Å². The third kappa shape index (κ3) is 3.06. The van der Waals surface area contributed by atoms with Crippen LogP contribution in [0.1, 0.15) is 49.1 Å². The molecule has 4 nitrogen and oxygen atoms in total. The highest BCUT2D eigenvalue weighted by Crippen LogP contribution is 2.54. The number of allylic oxidation sites excluding steroid dienone is 1. The van der Waals surface area contributed by atoms with Crippen LogP contribution in [0.15, 0.2) is 54.4 Å². The summed E-state index contributed by atoms with van der Waals surface area (Å²) in [6, 6.07) is 9.25. The summed E-state index contributed by atoms with van der Waals surface area (Å²) >= 11 is 0. The third-order valence-corrected chi connectivity index (χ3v) is 6.81. The maximum absolute atomic E-state index is 13.3. The van der Waals surface area contributed by atoms with Crippen LogP contribution >= 0.6 is 0 Å². The van der Waals surface area contributed by atoms with Gasteiger partial charge < -0.3 is 5.11 Å². The van der Waals surface area contributed by atoms with E-state index in [9.17, 15) is 13.9 Å². The highest BCUT2D eigenvalue weighted by molar-refractivity contribution is 5.61. The van der Waals surface area contributed by atoms with Crippen LogP contribution in [0.5, 0.6) is 0 Å². The molecule has 0 aliphatic heterocycles. The maximum atomic E-state index is 13.3. The van der Waals surface area contributed by atoms with Gasteiger partial charge in [0.25, 0.3) is 0 Å². The van der Waals surface area contributed by atoms with E-state index in [4.69, 9.17) is 0 Å². The summed E-state index contributed by atoms with van der Waals surface area (Å²) < 4.78 is 28.4. The Kier molecular flexibility index (Phi) is 4.54. The number of aliphatic hydroxyl groups is 1. The molecule has 0 unspecified atom stereocenters. The number of nitrogens with zero attached hydrogens (tertiary/aromatic N) is 3. The second-order valence-electron chi connectivity index (χ2n) is 8.56. The highest BCUT2D eigenvalue weighted by Gasteiger charge is 2.46. The Balaban J connectivity index is 1.51. The third-order valence-electron chi connectivity index (χ3n) is 6.81. The molecule has 0 bridgehead atoms. The fourth-order valence-corrected chi connectivity index (χ4v) is 5.17. The van der Waals surface area contributed by atoms with E-state index in [-0.39, 0.29) is 17.2 Å². The Morgan fingerprint density at radius 1 is 1.13 bits per heavy atom. The molecule has 0 spiro atoms. The lowest BCUT2D eigenvalue weighted by molar-refractivity contribution is 0.0214. The van der Waals surface area contributed by atoms with Gasteiger partial charge in [0.2, 0.25) is 5.95 Å². The summed E-state index contributed by atoms with van der Waals surface area (Å²) in [7, 11) is 0. The predicted octanol–water partition coefficient (Wildman–Crippen LogP) is 5.03. The Labute approximate surface area is 173 Å². The maximum Gasteiger partial charge on any atom is 0.212 e. The summed E-state index contributed by atoms with van der Waals surface area (Å²) in [4.78, 5) is 3.72. The molecule has 154 valence electrons. The van der Waals surface area contributed by atoms with Gasteiger partial charge in [0.15, 0.2) is 0 Å². The smallest absolute Gasteiger partial charge is 0.212 e. The van der Waals surface area contributed by atoms with Crippen LogP contribution < -0.4 is 0 Å². The largest absolute Gasteiger partial charge is 0.388 e. The predicted molar refractivity (Wildman–Crippen MR) is 110 cm³/mol. The summed E-state index contributed by atoms with van der Waals surface area (Å²) in [5, 5.41) is 15.7. The molecule has 5 rings (SSSR count). The lowest BCUT2D eigenvalue weighted by Crippen LogP contribution is -2.40. The second-order valence-corrected chi connectivity index (χ2v) is 8.56. The van der Waals surface area contributed by atoms with Crippen molar-refractivity contribution in [2.24, 2.45) is 11.3 Å². The SMILES string of the molecule is C[C@]12Cc3cnn(-c4ccc(F)cc4)c3C=C1CCC[C@@H]2[C@H](O)c1ccc(F)nc1. The average Bonchev–Trinajstić information content (AvgIpc) is 3.14. The first kappa shape index (κ1) is 19.1. The Morgan fingerprint density at radius 2 is 1.93 bits per heavy atom. The molecular formula is C24H23F2N3O. The highest BCUT2D eigenvalue weighted by atomic mass is 19.1. The van der Waals surface area contributed by atoms with Gasteiger partial charge in [0.05, 0.1) is 23.7 Å². The van der Waals surface area contributed by atoms with Gasteiger partial charge in [-0.15, -0.1) is 0 Å². The minimum absolute atomic E-state index is 0.00656. The second kappa shape index (κ2) is 7.13. The molecule has 1 saturated carbocycles. The fraction of sp³-hybridized carbons (Fsp3) is 0.333. The summed E-state index contributed by atoms with van der Waals surface area (Å²) in [6.45, 7) is 2.21. The van der Waals surface area contributed by atoms with Gasteiger partial charge >= 0.3 is 0 Å². The van der Waals surface area contributed by atoms with Crippen molar-refractivity contribution in [2.75, 3.05) is 0 Å².